The highest BCUT2D eigenvalue weighted by atomic mass is 32.2. The monoisotopic (exact) mass is 154 g/mol. The molecule has 2 aliphatic heterocycles. The van der Waals surface area contributed by atoms with Gasteiger partial charge >= 0.3 is 5.24 Å². The van der Waals surface area contributed by atoms with Gasteiger partial charge in [0.15, 0.2) is 0 Å². The van der Waals surface area contributed by atoms with Crippen LogP contribution in [-0.4, -0.2) is 21.1 Å². The van der Waals surface area contributed by atoms with Crippen LogP contribution in [0.5, 0.6) is 0 Å². The van der Waals surface area contributed by atoms with Gasteiger partial charge in [-0.3, -0.25) is 9.80 Å². The Morgan fingerprint density at radius 3 is 3.00 bits per heavy atom. The average molecular weight is 154 g/mol. The lowest BCUT2D eigenvalue weighted by molar-refractivity contribution is 0.150. The van der Waals surface area contributed by atoms with E-state index in [1.54, 1.807) is 11.2 Å². The molecule has 0 saturated carbocycles. The number of hydrazine groups is 1. The van der Waals surface area contributed by atoms with Crippen molar-refractivity contribution in [1.29, 1.82) is 0 Å². The smallest absolute Gasteiger partial charge is 0.275 e. The SMILES string of the molecule is O=C1SCN2C=CC=CN12. The molecule has 4 heteroatoms. The number of carbonyl (C=O) groups excluding carboxylic acids is 1. The van der Waals surface area contributed by atoms with E-state index < -0.39 is 0 Å². The molecule has 1 amide bonds. The average Bonchev–Trinajstić information content (AvgIpc) is 2.34. The third kappa shape index (κ3) is 0.724. The van der Waals surface area contributed by atoms with Crippen LogP contribution < -0.4 is 0 Å². The van der Waals surface area contributed by atoms with Crippen molar-refractivity contribution in [3.63, 3.8) is 0 Å². The molecule has 10 heavy (non-hydrogen) atoms. The first kappa shape index (κ1) is 5.85. The van der Waals surface area contributed by atoms with Gasteiger partial charge in [0.05, 0.1) is 5.88 Å². The minimum Gasteiger partial charge on any atom is -0.275 e. The Kier molecular flexibility index (Phi) is 1.20. The summed E-state index contributed by atoms with van der Waals surface area (Å²) in [6.07, 6.45) is 7.41. The Morgan fingerprint density at radius 1 is 1.40 bits per heavy atom. The zero-order valence-electron chi connectivity index (χ0n) is 5.23. The quantitative estimate of drug-likeness (QED) is 0.526. The molecule has 2 heterocycles. The molecule has 1 fully saturated rings. The van der Waals surface area contributed by atoms with E-state index in [9.17, 15) is 4.79 Å². The summed E-state index contributed by atoms with van der Waals surface area (Å²) in [6, 6.07) is 0. The molecule has 0 aromatic carbocycles. The lowest BCUT2D eigenvalue weighted by Gasteiger charge is -2.23. The van der Waals surface area contributed by atoms with E-state index in [1.807, 2.05) is 23.4 Å². The molecule has 0 atom stereocenters. The van der Waals surface area contributed by atoms with E-state index in [0.717, 1.165) is 5.88 Å². The van der Waals surface area contributed by atoms with Gasteiger partial charge in [0, 0.05) is 12.4 Å². The van der Waals surface area contributed by atoms with Crippen LogP contribution in [0, 0.1) is 0 Å². The highest BCUT2D eigenvalue weighted by molar-refractivity contribution is 8.13. The van der Waals surface area contributed by atoms with Crippen molar-refractivity contribution in [2.24, 2.45) is 0 Å². The summed E-state index contributed by atoms with van der Waals surface area (Å²) in [4.78, 5) is 11.0. The second kappa shape index (κ2) is 2.05. The summed E-state index contributed by atoms with van der Waals surface area (Å²) >= 11 is 1.31. The number of rotatable bonds is 0. The van der Waals surface area contributed by atoms with E-state index in [-0.39, 0.29) is 5.24 Å². The molecule has 0 aliphatic carbocycles. The van der Waals surface area contributed by atoms with Gasteiger partial charge in [-0.05, 0) is 23.9 Å². The summed E-state index contributed by atoms with van der Waals surface area (Å²) in [7, 11) is 0. The Balaban J connectivity index is 2.27. The van der Waals surface area contributed by atoms with Gasteiger partial charge in [-0.1, -0.05) is 0 Å². The van der Waals surface area contributed by atoms with E-state index in [1.165, 1.54) is 11.8 Å². The van der Waals surface area contributed by atoms with Crippen molar-refractivity contribution in [1.82, 2.24) is 10.0 Å². The molecule has 2 aliphatic rings. The zero-order chi connectivity index (χ0) is 6.97. The topological polar surface area (TPSA) is 23.6 Å². The van der Waals surface area contributed by atoms with Crippen LogP contribution in [0.1, 0.15) is 0 Å². The molecule has 1 saturated heterocycles. The first-order chi connectivity index (χ1) is 4.88. The van der Waals surface area contributed by atoms with E-state index in [0.29, 0.717) is 0 Å². The fourth-order valence-corrected chi connectivity index (χ4v) is 1.65. The Labute approximate surface area is 62.9 Å². The van der Waals surface area contributed by atoms with E-state index in [2.05, 4.69) is 0 Å². The molecular weight excluding hydrogens is 148 g/mol. The second-order valence-corrected chi connectivity index (χ2v) is 2.90. The van der Waals surface area contributed by atoms with Crippen LogP contribution in [0.4, 0.5) is 4.79 Å². The largest absolute Gasteiger partial charge is 0.306 e. The fraction of sp³-hybridized carbons (Fsp3) is 0.167. The third-order valence-corrected chi connectivity index (χ3v) is 2.21. The number of carbonyl (C=O) groups is 1. The lowest BCUT2D eigenvalue weighted by Crippen LogP contribution is -2.30. The van der Waals surface area contributed by atoms with E-state index in [4.69, 9.17) is 0 Å². The molecule has 0 aromatic rings. The van der Waals surface area contributed by atoms with Crippen LogP contribution in [0.15, 0.2) is 24.6 Å². The molecule has 3 nitrogen and oxygen atoms in total. The summed E-state index contributed by atoms with van der Waals surface area (Å²) in [5.74, 6) is 0.736. The molecular formula is C6H6N2OS. The van der Waals surface area contributed by atoms with Crippen LogP contribution >= 0.6 is 11.8 Å². The van der Waals surface area contributed by atoms with Gasteiger partial charge < -0.3 is 0 Å². The maximum absolute atomic E-state index is 11.0. The third-order valence-electron chi connectivity index (χ3n) is 1.38. The molecule has 0 unspecified atom stereocenters. The van der Waals surface area contributed by atoms with Crippen molar-refractivity contribution in [2.45, 2.75) is 0 Å². The lowest BCUT2D eigenvalue weighted by atomic mass is 10.5. The molecule has 0 spiro atoms. The summed E-state index contributed by atoms with van der Waals surface area (Å²) in [5, 5.41) is 3.57. The summed E-state index contributed by atoms with van der Waals surface area (Å²) in [6.45, 7) is 0. The number of allylic oxidation sites excluding steroid dienone is 2. The van der Waals surface area contributed by atoms with Crippen LogP contribution in [-0.2, 0) is 0 Å². The summed E-state index contributed by atoms with van der Waals surface area (Å²) < 4.78 is 0. The van der Waals surface area contributed by atoms with Crippen molar-refractivity contribution >= 4 is 17.0 Å². The standard InChI is InChI=1S/C6H6N2OS/c9-6-8-4-2-1-3-7(8)5-10-6/h1-4H,5H2. The molecule has 0 radical (unpaired) electrons. The number of nitrogens with zero attached hydrogens (tertiary/aromatic N) is 2. The van der Waals surface area contributed by atoms with Gasteiger partial charge in [0.1, 0.15) is 0 Å². The minimum atomic E-state index is 0.0978. The minimum absolute atomic E-state index is 0.0978. The number of hydrogen-bond donors (Lipinski definition) is 0. The molecule has 52 valence electrons. The predicted molar refractivity (Wildman–Crippen MR) is 39.8 cm³/mol. The summed E-state index contributed by atoms with van der Waals surface area (Å²) in [5.41, 5.74) is 0. The number of thioether (sulfide) groups is 1. The number of fused-ring (bicyclic) bond motifs is 1. The van der Waals surface area contributed by atoms with Gasteiger partial charge in [-0.15, -0.1) is 0 Å². The van der Waals surface area contributed by atoms with Crippen LogP contribution in [0.2, 0.25) is 0 Å². The normalized spacial score (nSPS) is 22.2. The van der Waals surface area contributed by atoms with Gasteiger partial charge in [0.2, 0.25) is 0 Å². The number of amides is 1. The predicted octanol–water partition coefficient (Wildman–Crippen LogP) is 1.37. The van der Waals surface area contributed by atoms with E-state index >= 15 is 0 Å². The van der Waals surface area contributed by atoms with Gasteiger partial charge in [-0.2, -0.15) is 0 Å². The maximum Gasteiger partial charge on any atom is 0.306 e. The first-order valence-corrected chi connectivity index (χ1v) is 3.94. The maximum atomic E-state index is 11.0. The Hall–Kier alpha value is -0.900. The van der Waals surface area contributed by atoms with Crippen molar-refractivity contribution < 1.29 is 4.79 Å². The first-order valence-electron chi connectivity index (χ1n) is 2.95. The second-order valence-electron chi connectivity index (χ2n) is 2.01. The molecule has 0 bridgehead atoms. The highest BCUT2D eigenvalue weighted by Gasteiger charge is 2.26. The Bertz CT molecular complexity index is 224. The fourth-order valence-electron chi connectivity index (χ4n) is 0.896. The van der Waals surface area contributed by atoms with Crippen LogP contribution in [0.25, 0.3) is 0 Å². The molecule has 0 N–H and O–H groups in total. The highest BCUT2D eigenvalue weighted by Crippen LogP contribution is 2.24. The molecule has 2 rings (SSSR count). The van der Waals surface area contributed by atoms with Crippen molar-refractivity contribution in [2.75, 3.05) is 5.88 Å². The molecule has 0 aromatic heterocycles. The van der Waals surface area contributed by atoms with Crippen molar-refractivity contribution in [3.8, 4) is 0 Å². The van der Waals surface area contributed by atoms with Crippen LogP contribution in [0.3, 0.4) is 0 Å². The van der Waals surface area contributed by atoms with Crippen molar-refractivity contribution in [3.05, 3.63) is 24.6 Å². The zero-order valence-corrected chi connectivity index (χ0v) is 6.04. The Morgan fingerprint density at radius 2 is 2.20 bits per heavy atom. The number of hydrogen-bond acceptors (Lipinski definition) is 3. The van der Waals surface area contributed by atoms with Gasteiger partial charge in [0.25, 0.3) is 0 Å². The van der Waals surface area contributed by atoms with Gasteiger partial charge in [-0.25, -0.2) is 5.01 Å².